The van der Waals surface area contributed by atoms with E-state index in [2.05, 4.69) is 6.92 Å². The van der Waals surface area contributed by atoms with Gasteiger partial charge in [-0.05, 0) is 6.42 Å². The molecule has 11 heavy (non-hydrogen) atoms. The molecule has 1 atom stereocenters. The van der Waals surface area contributed by atoms with Crippen LogP contribution in [0.1, 0.15) is 39.0 Å². The molecule has 1 nitrogen and oxygen atoms in total. The molecular formula is C8H16Cl2O. The summed E-state index contributed by atoms with van der Waals surface area (Å²) >= 11 is 10.9. The molecule has 0 aromatic heterocycles. The number of hydrogen-bond donors (Lipinski definition) is 1. The predicted octanol–water partition coefficient (Wildman–Crippen LogP) is 3.12. The molecule has 0 amide bonds. The van der Waals surface area contributed by atoms with Gasteiger partial charge >= 0.3 is 0 Å². The van der Waals surface area contributed by atoms with Gasteiger partial charge in [-0.25, -0.2) is 0 Å². The summed E-state index contributed by atoms with van der Waals surface area (Å²) < 4.78 is 0. The van der Waals surface area contributed by atoms with E-state index < -0.39 is 10.9 Å². The summed E-state index contributed by atoms with van der Waals surface area (Å²) in [6, 6.07) is 0. The quantitative estimate of drug-likeness (QED) is 0.514. The first-order valence-corrected chi connectivity index (χ1v) is 5.02. The van der Waals surface area contributed by atoms with Gasteiger partial charge in [0.25, 0.3) is 0 Å². The molecule has 0 aliphatic rings. The maximum absolute atomic E-state index is 9.16. The van der Waals surface area contributed by atoms with Crippen molar-refractivity contribution in [3.05, 3.63) is 0 Å². The second-order valence-electron chi connectivity index (χ2n) is 2.75. The first kappa shape index (κ1) is 11.5. The average molecular weight is 199 g/mol. The largest absolute Gasteiger partial charge is 0.390 e. The molecule has 0 aliphatic carbocycles. The van der Waals surface area contributed by atoms with E-state index in [4.69, 9.17) is 28.3 Å². The molecule has 68 valence electrons. The Morgan fingerprint density at radius 3 is 2.27 bits per heavy atom. The monoisotopic (exact) mass is 198 g/mol. The number of halogens is 2. The fourth-order valence-corrected chi connectivity index (χ4v) is 1.16. The summed E-state index contributed by atoms with van der Waals surface area (Å²) in [7, 11) is 0. The molecule has 0 bridgehead atoms. The van der Waals surface area contributed by atoms with Crippen molar-refractivity contribution in [2.45, 2.75) is 50.0 Å². The Hall–Kier alpha value is 0.540. The average Bonchev–Trinajstić information content (AvgIpc) is 1.97. The van der Waals surface area contributed by atoms with Gasteiger partial charge in [0.05, 0.1) is 6.10 Å². The van der Waals surface area contributed by atoms with Crippen molar-refractivity contribution in [3.8, 4) is 0 Å². The lowest BCUT2D eigenvalue weighted by Gasteiger charge is -2.09. The van der Waals surface area contributed by atoms with Crippen LogP contribution in [0.15, 0.2) is 0 Å². The van der Waals surface area contributed by atoms with Crippen LogP contribution in [0.3, 0.4) is 0 Å². The van der Waals surface area contributed by atoms with Crippen molar-refractivity contribution >= 4 is 23.2 Å². The molecule has 0 heterocycles. The third kappa shape index (κ3) is 6.92. The van der Waals surface area contributed by atoms with Gasteiger partial charge in [0.1, 0.15) is 4.84 Å². The Morgan fingerprint density at radius 1 is 1.18 bits per heavy atom. The summed E-state index contributed by atoms with van der Waals surface area (Å²) in [6.07, 6.45) is 4.79. The van der Waals surface area contributed by atoms with Crippen LogP contribution in [0.4, 0.5) is 0 Å². The summed E-state index contributed by atoms with van der Waals surface area (Å²) in [5, 5.41) is 9.16. The molecule has 0 aromatic carbocycles. The lowest BCUT2D eigenvalue weighted by Crippen LogP contribution is -2.14. The molecule has 0 spiro atoms. The topological polar surface area (TPSA) is 20.2 Å². The van der Waals surface area contributed by atoms with Crippen molar-refractivity contribution < 1.29 is 5.11 Å². The first-order valence-electron chi connectivity index (χ1n) is 4.14. The highest BCUT2D eigenvalue weighted by Gasteiger charge is 2.11. The molecule has 0 aliphatic heterocycles. The summed E-state index contributed by atoms with van der Waals surface area (Å²) in [4.78, 5) is -0.628. The molecule has 0 saturated carbocycles. The molecule has 1 N–H and O–H groups in total. The van der Waals surface area contributed by atoms with Crippen LogP contribution in [-0.4, -0.2) is 16.0 Å². The van der Waals surface area contributed by atoms with E-state index in [-0.39, 0.29) is 0 Å². The van der Waals surface area contributed by atoms with Crippen LogP contribution in [0.5, 0.6) is 0 Å². The minimum absolute atomic E-state index is 0.546. The van der Waals surface area contributed by atoms with Gasteiger partial charge < -0.3 is 5.11 Å². The molecule has 0 saturated heterocycles. The molecule has 0 radical (unpaired) electrons. The predicted molar refractivity (Wildman–Crippen MR) is 50.3 cm³/mol. The van der Waals surface area contributed by atoms with Gasteiger partial charge in [-0.1, -0.05) is 32.6 Å². The van der Waals surface area contributed by atoms with E-state index in [1.54, 1.807) is 0 Å². The molecule has 0 aromatic rings. The fourth-order valence-electron chi connectivity index (χ4n) is 0.906. The van der Waals surface area contributed by atoms with Gasteiger partial charge in [-0.2, -0.15) is 0 Å². The van der Waals surface area contributed by atoms with Gasteiger partial charge in [-0.3, -0.25) is 0 Å². The van der Waals surface area contributed by atoms with E-state index in [9.17, 15) is 0 Å². The van der Waals surface area contributed by atoms with Crippen molar-refractivity contribution in [1.82, 2.24) is 0 Å². The standard InChI is InChI=1S/C8H16Cl2O/c1-2-3-4-5-6-7(11)8(9)10/h7-8,11H,2-6H2,1H3. The number of unbranched alkanes of at least 4 members (excludes halogenated alkanes) is 3. The zero-order valence-electron chi connectivity index (χ0n) is 6.89. The van der Waals surface area contributed by atoms with E-state index in [0.717, 1.165) is 19.3 Å². The number of aliphatic hydroxyl groups excluding tert-OH is 1. The van der Waals surface area contributed by atoms with Crippen LogP contribution in [0.25, 0.3) is 0 Å². The summed E-state index contributed by atoms with van der Waals surface area (Å²) in [5.41, 5.74) is 0. The second kappa shape index (κ2) is 7.20. The van der Waals surface area contributed by atoms with E-state index in [1.165, 1.54) is 12.8 Å². The smallest absolute Gasteiger partial charge is 0.133 e. The van der Waals surface area contributed by atoms with Crippen molar-refractivity contribution in [2.75, 3.05) is 0 Å². The van der Waals surface area contributed by atoms with Crippen molar-refractivity contribution in [2.24, 2.45) is 0 Å². The molecule has 0 rings (SSSR count). The summed E-state index contributed by atoms with van der Waals surface area (Å²) in [6.45, 7) is 2.16. The maximum Gasteiger partial charge on any atom is 0.133 e. The van der Waals surface area contributed by atoms with Gasteiger partial charge in [0.15, 0.2) is 0 Å². The Labute approximate surface area is 78.7 Å². The molecule has 0 fully saturated rings. The van der Waals surface area contributed by atoms with Crippen LogP contribution in [-0.2, 0) is 0 Å². The zero-order chi connectivity index (χ0) is 8.69. The minimum atomic E-state index is -0.628. The second-order valence-corrected chi connectivity index (χ2v) is 3.91. The Kier molecular flexibility index (Phi) is 7.56. The Balaban J connectivity index is 3.10. The highest BCUT2D eigenvalue weighted by molar-refractivity contribution is 6.44. The Bertz CT molecular complexity index is 86.2. The number of hydrogen-bond acceptors (Lipinski definition) is 1. The molecule has 3 heteroatoms. The van der Waals surface area contributed by atoms with Gasteiger partial charge in [0.2, 0.25) is 0 Å². The Morgan fingerprint density at radius 2 is 1.82 bits per heavy atom. The number of rotatable bonds is 6. The summed E-state index contributed by atoms with van der Waals surface area (Å²) in [5.74, 6) is 0. The van der Waals surface area contributed by atoms with Crippen LogP contribution in [0, 0.1) is 0 Å². The number of aliphatic hydroxyl groups is 1. The number of alkyl halides is 2. The third-order valence-corrected chi connectivity index (χ3v) is 2.23. The van der Waals surface area contributed by atoms with Crippen LogP contribution < -0.4 is 0 Å². The fraction of sp³-hybridized carbons (Fsp3) is 1.00. The highest BCUT2D eigenvalue weighted by Crippen LogP contribution is 2.14. The van der Waals surface area contributed by atoms with Gasteiger partial charge in [-0.15, -0.1) is 23.2 Å². The van der Waals surface area contributed by atoms with Crippen LogP contribution in [0.2, 0.25) is 0 Å². The van der Waals surface area contributed by atoms with E-state index in [0.29, 0.717) is 0 Å². The normalized spacial score (nSPS) is 13.9. The third-order valence-electron chi connectivity index (χ3n) is 1.64. The zero-order valence-corrected chi connectivity index (χ0v) is 8.41. The lowest BCUT2D eigenvalue weighted by atomic mass is 10.1. The SMILES string of the molecule is CCCCCCC(O)C(Cl)Cl. The maximum atomic E-state index is 9.16. The lowest BCUT2D eigenvalue weighted by molar-refractivity contribution is 0.174. The van der Waals surface area contributed by atoms with Crippen molar-refractivity contribution in [1.29, 1.82) is 0 Å². The molecule has 1 unspecified atom stereocenters. The van der Waals surface area contributed by atoms with E-state index in [1.807, 2.05) is 0 Å². The molecular weight excluding hydrogens is 183 g/mol. The van der Waals surface area contributed by atoms with Crippen LogP contribution >= 0.6 is 23.2 Å². The van der Waals surface area contributed by atoms with Gasteiger partial charge in [0, 0.05) is 0 Å². The minimum Gasteiger partial charge on any atom is -0.390 e. The van der Waals surface area contributed by atoms with E-state index >= 15 is 0 Å². The first-order chi connectivity index (χ1) is 5.18. The van der Waals surface area contributed by atoms with Crippen molar-refractivity contribution in [3.63, 3.8) is 0 Å². The highest BCUT2D eigenvalue weighted by atomic mass is 35.5.